The van der Waals surface area contributed by atoms with Gasteiger partial charge in [0.05, 0.1) is 5.52 Å². The highest BCUT2D eigenvalue weighted by atomic mass is 16.2. The first-order valence-electron chi connectivity index (χ1n) is 9.57. The molecule has 1 aliphatic rings. The smallest absolute Gasteiger partial charge is 0.251 e. The molecule has 0 spiro atoms. The molecule has 1 amide bonds. The predicted octanol–water partition coefficient (Wildman–Crippen LogP) is 2.55. The Morgan fingerprint density at radius 1 is 1.19 bits per heavy atom. The number of likely N-dealkylation sites (tertiary alicyclic amines) is 1. The van der Waals surface area contributed by atoms with Crippen LogP contribution >= 0.6 is 0 Å². The Balaban J connectivity index is 1.72. The first kappa shape index (κ1) is 18.6. The largest absolute Gasteiger partial charge is 0.353 e. The number of nitrogens with zero attached hydrogens (tertiary/aromatic N) is 2. The molecule has 1 saturated heterocycles. The molecule has 0 radical (unpaired) electrons. The molecular formula is C21H29N3O2. The molecule has 0 aliphatic carbocycles. The highest BCUT2D eigenvalue weighted by Crippen LogP contribution is 2.18. The number of benzene rings is 1. The Morgan fingerprint density at radius 2 is 1.88 bits per heavy atom. The van der Waals surface area contributed by atoms with Gasteiger partial charge in [-0.3, -0.25) is 19.1 Å². The third kappa shape index (κ3) is 3.98. The monoisotopic (exact) mass is 355 g/mol. The summed E-state index contributed by atoms with van der Waals surface area (Å²) >= 11 is 0. The van der Waals surface area contributed by atoms with Crippen LogP contribution in [-0.4, -0.2) is 41.1 Å². The van der Waals surface area contributed by atoms with Crippen molar-refractivity contribution in [3.63, 3.8) is 0 Å². The van der Waals surface area contributed by atoms with Gasteiger partial charge in [-0.15, -0.1) is 0 Å². The molecule has 2 heterocycles. The van der Waals surface area contributed by atoms with Crippen LogP contribution in [0.2, 0.25) is 0 Å². The zero-order valence-corrected chi connectivity index (χ0v) is 16.0. The third-order valence-electron chi connectivity index (χ3n) is 5.42. The molecule has 0 bridgehead atoms. The molecular weight excluding hydrogens is 326 g/mol. The molecule has 26 heavy (non-hydrogen) atoms. The highest BCUT2D eigenvalue weighted by molar-refractivity contribution is 5.84. The van der Waals surface area contributed by atoms with E-state index in [9.17, 15) is 9.59 Å². The fourth-order valence-corrected chi connectivity index (χ4v) is 3.94. The second kappa shape index (κ2) is 8.04. The molecule has 1 N–H and O–H groups in total. The standard InChI is InChI=1S/C21H29N3O2/c1-15(2)19(23-10-6-7-11-23)13-22-20(25)14-24-18-9-5-4-8-17(18)16(3)12-21(24)26/h4-5,8-9,12,15,19H,6-7,10-11,13-14H2,1-3H3,(H,22,25)/t19-/m0/s1. The Labute approximate surface area is 155 Å². The lowest BCUT2D eigenvalue weighted by molar-refractivity contribution is -0.122. The van der Waals surface area contributed by atoms with Gasteiger partial charge in [-0.1, -0.05) is 32.0 Å². The fourth-order valence-electron chi connectivity index (χ4n) is 3.94. The minimum Gasteiger partial charge on any atom is -0.353 e. The van der Waals surface area contributed by atoms with Crippen LogP contribution in [0.25, 0.3) is 10.9 Å². The van der Waals surface area contributed by atoms with Gasteiger partial charge in [0.2, 0.25) is 5.91 Å². The van der Waals surface area contributed by atoms with E-state index in [4.69, 9.17) is 0 Å². The molecule has 3 rings (SSSR count). The summed E-state index contributed by atoms with van der Waals surface area (Å²) < 4.78 is 1.57. The normalized spacial score (nSPS) is 16.3. The van der Waals surface area contributed by atoms with Crippen LogP contribution in [0.15, 0.2) is 35.1 Å². The minimum atomic E-state index is -0.128. The van der Waals surface area contributed by atoms with E-state index in [1.54, 1.807) is 10.6 Å². The molecule has 1 aromatic heterocycles. The van der Waals surface area contributed by atoms with Gasteiger partial charge in [-0.2, -0.15) is 0 Å². The van der Waals surface area contributed by atoms with E-state index in [0.717, 1.165) is 29.6 Å². The lowest BCUT2D eigenvalue weighted by atomic mass is 10.0. The zero-order valence-electron chi connectivity index (χ0n) is 16.0. The second-order valence-corrected chi connectivity index (χ2v) is 7.63. The van der Waals surface area contributed by atoms with Crippen molar-refractivity contribution in [2.45, 2.75) is 46.2 Å². The SMILES string of the molecule is Cc1cc(=O)n(CC(=O)NC[C@@H](C(C)C)N2CCCC2)c2ccccc12. The van der Waals surface area contributed by atoms with Gasteiger partial charge in [-0.05, 0) is 50.4 Å². The van der Waals surface area contributed by atoms with Gasteiger partial charge in [0, 0.05) is 24.0 Å². The van der Waals surface area contributed by atoms with E-state index in [0.29, 0.717) is 18.5 Å². The highest BCUT2D eigenvalue weighted by Gasteiger charge is 2.25. The molecule has 5 heteroatoms. The quantitative estimate of drug-likeness (QED) is 0.866. The summed E-state index contributed by atoms with van der Waals surface area (Å²) in [5.41, 5.74) is 1.63. The molecule has 5 nitrogen and oxygen atoms in total. The van der Waals surface area contributed by atoms with Crippen molar-refractivity contribution >= 4 is 16.8 Å². The van der Waals surface area contributed by atoms with Crippen LogP contribution in [0, 0.1) is 12.8 Å². The molecule has 0 unspecified atom stereocenters. The average molecular weight is 355 g/mol. The summed E-state index contributed by atoms with van der Waals surface area (Å²) in [4.78, 5) is 27.4. The lowest BCUT2D eigenvalue weighted by Crippen LogP contribution is -2.46. The summed E-state index contributed by atoms with van der Waals surface area (Å²) in [6.07, 6.45) is 2.48. The Morgan fingerprint density at radius 3 is 2.58 bits per heavy atom. The topological polar surface area (TPSA) is 54.3 Å². The average Bonchev–Trinajstić information content (AvgIpc) is 3.13. The van der Waals surface area contributed by atoms with Gasteiger partial charge in [-0.25, -0.2) is 0 Å². The van der Waals surface area contributed by atoms with E-state index < -0.39 is 0 Å². The van der Waals surface area contributed by atoms with Crippen molar-refractivity contribution in [3.05, 3.63) is 46.2 Å². The van der Waals surface area contributed by atoms with Gasteiger partial charge >= 0.3 is 0 Å². The number of aryl methyl sites for hydroxylation is 1. The predicted molar refractivity (Wildman–Crippen MR) is 105 cm³/mol. The summed E-state index contributed by atoms with van der Waals surface area (Å²) in [5.74, 6) is 0.377. The zero-order chi connectivity index (χ0) is 18.7. The van der Waals surface area contributed by atoms with Crippen LogP contribution < -0.4 is 10.9 Å². The number of carbonyl (C=O) groups is 1. The van der Waals surface area contributed by atoms with Crippen LogP contribution in [0.5, 0.6) is 0 Å². The van der Waals surface area contributed by atoms with Crippen molar-refractivity contribution in [3.8, 4) is 0 Å². The number of para-hydroxylation sites is 1. The summed E-state index contributed by atoms with van der Waals surface area (Å²) in [5, 5.41) is 4.07. The molecule has 2 aromatic rings. The second-order valence-electron chi connectivity index (χ2n) is 7.63. The van der Waals surface area contributed by atoms with Crippen LogP contribution in [0.4, 0.5) is 0 Å². The van der Waals surface area contributed by atoms with Gasteiger partial charge in [0.25, 0.3) is 5.56 Å². The van der Waals surface area contributed by atoms with E-state index in [1.165, 1.54) is 12.8 Å². The van der Waals surface area contributed by atoms with Gasteiger partial charge in [0.15, 0.2) is 0 Å². The maximum absolute atomic E-state index is 12.5. The number of hydrogen-bond donors (Lipinski definition) is 1. The number of aromatic nitrogens is 1. The molecule has 0 saturated carbocycles. The lowest BCUT2D eigenvalue weighted by Gasteiger charge is -2.31. The molecule has 1 fully saturated rings. The summed E-state index contributed by atoms with van der Waals surface area (Å²) in [7, 11) is 0. The molecule has 1 aromatic carbocycles. The number of hydrogen-bond acceptors (Lipinski definition) is 3. The number of nitrogens with one attached hydrogen (secondary N) is 1. The van der Waals surface area contributed by atoms with Crippen molar-refractivity contribution in [1.82, 2.24) is 14.8 Å². The number of fused-ring (bicyclic) bond motifs is 1. The van der Waals surface area contributed by atoms with Crippen molar-refractivity contribution < 1.29 is 4.79 Å². The first-order chi connectivity index (χ1) is 12.5. The van der Waals surface area contributed by atoms with Crippen LogP contribution in [0.1, 0.15) is 32.3 Å². The number of pyridine rings is 1. The van der Waals surface area contributed by atoms with Gasteiger partial charge in [0.1, 0.15) is 6.54 Å². The molecule has 1 aliphatic heterocycles. The first-order valence-corrected chi connectivity index (χ1v) is 9.57. The number of amides is 1. The fraction of sp³-hybridized carbons (Fsp3) is 0.524. The number of rotatable bonds is 6. The van der Waals surface area contributed by atoms with Crippen molar-refractivity contribution in [2.75, 3.05) is 19.6 Å². The van der Waals surface area contributed by atoms with E-state index in [1.807, 2.05) is 31.2 Å². The van der Waals surface area contributed by atoms with Crippen molar-refractivity contribution in [2.24, 2.45) is 5.92 Å². The summed E-state index contributed by atoms with van der Waals surface area (Å²) in [6, 6.07) is 9.70. The third-order valence-corrected chi connectivity index (χ3v) is 5.42. The van der Waals surface area contributed by atoms with Crippen LogP contribution in [-0.2, 0) is 11.3 Å². The van der Waals surface area contributed by atoms with Gasteiger partial charge < -0.3 is 5.32 Å². The molecule has 1 atom stereocenters. The Kier molecular flexibility index (Phi) is 5.77. The molecule has 140 valence electrons. The maximum atomic E-state index is 12.5. The maximum Gasteiger partial charge on any atom is 0.251 e. The van der Waals surface area contributed by atoms with E-state index in [2.05, 4.69) is 24.1 Å². The Bertz CT molecular complexity index is 835. The Hall–Kier alpha value is -2.14. The number of carbonyl (C=O) groups excluding carboxylic acids is 1. The van der Waals surface area contributed by atoms with E-state index >= 15 is 0 Å². The van der Waals surface area contributed by atoms with Crippen molar-refractivity contribution in [1.29, 1.82) is 0 Å². The minimum absolute atomic E-state index is 0.0600. The van der Waals surface area contributed by atoms with Crippen LogP contribution in [0.3, 0.4) is 0 Å². The van der Waals surface area contributed by atoms with E-state index in [-0.39, 0.29) is 18.0 Å². The summed E-state index contributed by atoms with van der Waals surface area (Å²) in [6.45, 7) is 9.25.